The van der Waals surface area contributed by atoms with Gasteiger partial charge >= 0.3 is 0 Å². The Morgan fingerprint density at radius 1 is 0.829 bits per heavy atom. The van der Waals surface area contributed by atoms with E-state index >= 15 is 0 Å². The summed E-state index contributed by atoms with van der Waals surface area (Å²) in [5, 5.41) is 8.59. The molecule has 0 bridgehead atoms. The predicted octanol–water partition coefficient (Wildman–Crippen LogP) is 5.90. The molecule has 2 aromatic carbocycles. The van der Waals surface area contributed by atoms with E-state index in [1.807, 2.05) is 12.1 Å². The Morgan fingerprint density at radius 2 is 1.54 bits per heavy atom. The summed E-state index contributed by atoms with van der Waals surface area (Å²) in [4.78, 5) is 4.95. The monoisotopic (exact) mass is 477 g/mol. The van der Waals surface area contributed by atoms with Crippen LogP contribution in [0.25, 0.3) is 10.9 Å². The van der Waals surface area contributed by atoms with Crippen molar-refractivity contribution in [1.82, 2.24) is 10.3 Å². The first-order valence-electron chi connectivity index (χ1n) is 12.9. The topological polar surface area (TPSA) is 64.6 Å². The standard InChI is InChI=1S/C29H39N3O3/c1-33-26-18-21(19-27(34-2)29(26)35-3)20-30-16-10-4-5-11-17-31-28-22-12-6-8-14-24(22)32-25-15-9-7-13-23(25)28/h6,8,12,14,18-19,30H,4-5,7,9-11,13,15-17,20H2,1-3H3,(H,31,32). The van der Waals surface area contributed by atoms with Crippen LogP contribution in [0.4, 0.5) is 5.69 Å². The minimum absolute atomic E-state index is 0.632. The number of anilines is 1. The fourth-order valence-electron chi connectivity index (χ4n) is 4.99. The molecule has 0 saturated carbocycles. The summed E-state index contributed by atoms with van der Waals surface area (Å²) >= 11 is 0. The normalized spacial score (nSPS) is 12.9. The summed E-state index contributed by atoms with van der Waals surface area (Å²) in [6.07, 6.45) is 9.57. The SMILES string of the molecule is COc1cc(CNCCCCCCNc2c3c(nc4ccccc24)CCCC3)cc(OC)c1OC. The van der Waals surface area contributed by atoms with Gasteiger partial charge in [0.1, 0.15) is 0 Å². The highest BCUT2D eigenvalue weighted by atomic mass is 16.5. The lowest BCUT2D eigenvalue weighted by atomic mass is 9.92. The van der Waals surface area contributed by atoms with Crippen LogP contribution in [-0.2, 0) is 19.4 Å². The van der Waals surface area contributed by atoms with E-state index in [-0.39, 0.29) is 0 Å². The van der Waals surface area contributed by atoms with Crippen LogP contribution in [0.15, 0.2) is 36.4 Å². The van der Waals surface area contributed by atoms with Crippen LogP contribution in [0.1, 0.15) is 55.3 Å². The molecule has 0 amide bonds. The van der Waals surface area contributed by atoms with E-state index in [1.165, 1.54) is 54.4 Å². The number of benzene rings is 2. The van der Waals surface area contributed by atoms with Gasteiger partial charge in [-0.15, -0.1) is 0 Å². The van der Waals surface area contributed by atoms with E-state index < -0.39 is 0 Å². The summed E-state index contributed by atoms with van der Waals surface area (Å²) < 4.78 is 16.3. The smallest absolute Gasteiger partial charge is 0.203 e. The van der Waals surface area contributed by atoms with Crippen molar-refractivity contribution in [3.8, 4) is 17.2 Å². The van der Waals surface area contributed by atoms with Gasteiger partial charge in [0.05, 0.1) is 26.8 Å². The first-order valence-corrected chi connectivity index (χ1v) is 12.9. The molecule has 0 fully saturated rings. The molecule has 0 unspecified atom stereocenters. The van der Waals surface area contributed by atoms with Crippen LogP contribution in [0.5, 0.6) is 17.2 Å². The molecule has 1 aromatic heterocycles. The minimum atomic E-state index is 0.632. The van der Waals surface area contributed by atoms with Gasteiger partial charge in [0, 0.05) is 29.9 Å². The van der Waals surface area contributed by atoms with Crippen LogP contribution >= 0.6 is 0 Å². The third-order valence-corrected chi connectivity index (χ3v) is 6.81. The number of unbranched alkanes of at least 4 members (excludes halogenated alkanes) is 3. The molecule has 6 nitrogen and oxygen atoms in total. The number of methoxy groups -OCH3 is 3. The van der Waals surface area contributed by atoms with E-state index in [0.717, 1.165) is 50.0 Å². The second kappa shape index (κ2) is 12.6. The van der Waals surface area contributed by atoms with Crippen LogP contribution in [0.2, 0.25) is 0 Å². The fraction of sp³-hybridized carbons (Fsp3) is 0.483. The quantitative estimate of drug-likeness (QED) is 0.299. The molecule has 35 heavy (non-hydrogen) atoms. The molecule has 188 valence electrons. The van der Waals surface area contributed by atoms with Gasteiger partial charge in [-0.05, 0) is 74.4 Å². The molecule has 4 rings (SSSR count). The largest absolute Gasteiger partial charge is 0.493 e. The van der Waals surface area contributed by atoms with Crippen molar-refractivity contribution >= 4 is 16.6 Å². The van der Waals surface area contributed by atoms with E-state index in [9.17, 15) is 0 Å². The molecule has 0 atom stereocenters. The van der Waals surface area contributed by atoms with Gasteiger partial charge in [-0.25, -0.2) is 0 Å². The van der Waals surface area contributed by atoms with Crippen LogP contribution in [0.3, 0.4) is 0 Å². The van der Waals surface area contributed by atoms with Gasteiger partial charge in [-0.3, -0.25) is 4.98 Å². The Hall–Kier alpha value is -2.99. The number of ether oxygens (including phenoxy) is 3. The first-order chi connectivity index (χ1) is 17.2. The predicted molar refractivity (Wildman–Crippen MR) is 143 cm³/mol. The maximum atomic E-state index is 5.45. The maximum Gasteiger partial charge on any atom is 0.203 e. The Labute approximate surface area is 209 Å². The molecule has 1 heterocycles. The number of aryl methyl sites for hydroxylation is 1. The molecule has 6 heteroatoms. The van der Waals surface area contributed by atoms with Crippen LogP contribution in [0, 0.1) is 0 Å². The Balaban J connectivity index is 1.19. The van der Waals surface area contributed by atoms with Gasteiger partial charge in [-0.1, -0.05) is 31.0 Å². The zero-order valence-corrected chi connectivity index (χ0v) is 21.4. The lowest BCUT2D eigenvalue weighted by molar-refractivity contribution is 0.323. The zero-order valence-electron chi connectivity index (χ0n) is 21.4. The molecule has 0 radical (unpaired) electrons. The summed E-state index contributed by atoms with van der Waals surface area (Å²) in [5.41, 5.74) is 6.32. The second-order valence-corrected chi connectivity index (χ2v) is 9.19. The van der Waals surface area contributed by atoms with Crippen molar-refractivity contribution in [1.29, 1.82) is 0 Å². The van der Waals surface area contributed by atoms with Crippen molar-refractivity contribution in [3.63, 3.8) is 0 Å². The van der Waals surface area contributed by atoms with Gasteiger partial charge in [0.2, 0.25) is 5.75 Å². The number of nitrogens with one attached hydrogen (secondary N) is 2. The molecular weight excluding hydrogens is 438 g/mol. The number of fused-ring (bicyclic) bond motifs is 2. The number of aromatic nitrogens is 1. The Morgan fingerprint density at radius 3 is 2.29 bits per heavy atom. The zero-order chi connectivity index (χ0) is 24.5. The minimum Gasteiger partial charge on any atom is -0.493 e. The van der Waals surface area contributed by atoms with Gasteiger partial charge in [-0.2, -0.15) is 0 Å². The number of pyridine rings is 1. The molecule has 1 aliphatic carbocycles. The van der Waals surface area contributed by atoms with Gasteiger partial charge < -0.3 is 24.8 Å². The van der Waals surface area contributed by atoms with E-state index in [4.69, 9.17) is 19.2 Å². The number of rotatable bonds is 13. The van der Waals surface area contributed by atoms with Crippen molar-refractivity contribution < 1.29 is 14.2 Å². The highest BCUT2D eigenvalue weighted by Crippen LogP contribution is 2.38. The van der Waals surface area contributed by atoms with Crippen LogP contribution < -0.4 is 24.8 Å². The molecule has 0 aliphatic heterocycles. The highest BCUT2D eigenvalue weighted by Gasteiger charge is 2.17. The lowest BCUT2D eigenvalue weighted by Gasteiger charge is -2.21. The van der Waals surface area contributed by atoms with Crippen molar-refractivity contribution in [2.75, 3.05) is 39.7 Å². The number of para-hydroxylation sites is 1. The summed E-state index contributed by atoms with van der Waals surface area (Å²) in [5.74, 6) is 2.02. The Kier molecular flexibility index (Phi) is 9.07. The van der Waals surface area contributed by atoms with Gasteiger partial charge in [0.25, 0.3) is 0 Å². The number of nitrogens with zero attached hydrogens (tertiary/aromatic N) is 1. The Bertz CT molecular complexity index is 1090. The lowest BCUT2D eigenvalue weighted by Crippen LogP contribution is -2.15. The fourth-order valence-corrected chi connectivity index (χ4v) is 4.99. The van der Waals surface area contributed by atoms with E-state index in [2.05, 4.69) is 34.9 Å². The van der Waals surface area contributed by atoms with E-state index in [1.54, 1.807) is 21.3 Å². The number of hydrogen-bond acceptors (Lipinski definition) is 6. The average molecular weight is 478 g/mol. The maximum absolute atomic E-state index is 5.45. The highest BCUT2D eigenvalue weighted by molar-refractivity contribution is 5.93. The molecule has 3 aromatic rings. The molecule has 0 saturated heterocycles. The summed E-state index contributed by atoms with van der Waals surface area (Å²) in [6, 6.07) is 12.6. The average Bonchev–Trinajstić information content (AvgIpc) is 2.90. The second-order valence-electron chi connectivity index (χ2n) is 9.19. The molecular formula is C29H39N3O3. The number of hydrogen-bond donors (Lipinski definition) is 2. The summed E-state index contributed by atoms with van der Waals surface area (Å²) in [6.45, 7) is 2.78. The van der Waals surface area contributed by atoms with Crippen molar-refractivity contribution in [2.24, 2.45) is 0 Å². The molecule has 1 aliphatic rings. The van der Waals surface area contributed by atoms with Crippen LogP contribution in [-0.4, -0.2) is 39.4 Å². The third-order valence-electron chi connectivity index (χ3n) is 6.81. The van der Waals surface area contributed by atoms with Crippen molar-refractivity contribution in [3.05, 3.63) is 53.2 Å². The molecule has 0 spiro atoms. The van der Waals surface area contributed by atoms with E-state index in [0.29, 0.717) is 17.2 Å². The van der Waals surface area contributed by atoms with Crippen molar-refractivity contribution in [2.45, 2.75) is 57.9 Å². The first kappa shape index (κ1) is 25.1. The van der Waals surface area contributed by atoms with Gasteiger partial charge in [0.15, 0.2) is 11.5 Å². The summed E-state index contributed by atoms with van der Waals surface area (Å²) in [7, 11) is 4.92. The molecule has 2 N–H and O–H groups in total. The third kappa shape index (κ3) is 6.17.